The molecule has 0 aliphatic heterocycles. The van der Waals surface area contributed by atoms with Crippen molar-refractivity contribution in [3.8, 4) is 0 Å². The van der Waals surface area contributed by atoms with Gasteiger partial charge >= 0.3 is 0 Å². The van der Waals surface area contributed by atoms with Gasteiger partial charge in [0.05, 0.1) is 16.4 Å². The molecule has 2 atom stereocenters. The molecular formula is C14H17BrN2O2. The Balaban J connectivity index is 2.34. The smallest absolute Gasteiger partial charge is 0.127 e. The molecule has 5 heteroatoms. The summed E-state index contributed by atoms with van der Waals surface area (Å²) >= 11 is 3.37. The van der Waals surface area contributed by atoms with Crippen LogP contribution in [0.1, 0.15) is 43.4 Å². The summed E-state index contributed by atoms with van der Waals surface area (Å²) in [6.45, 7) is 3.95. The number of benzene rings is 1. The maximum absolute atomic E-state index is 10.4. The first-order valence-electron chi connectivity index (χ1n) is 6.16. The maximum Gasteiger partial charge on any atom is 0.127 e. The van der Waals surface area contributed by atoms with Crippen LogP contribution in [0.3, 0.4) is 0 Å². The van der Waals surface area contributed by atoms with Crippen LogP contribution >= 0.6 is 15.9 Å². The maximum atomic E-state index is 10.4. The first-order valence-corrected chi connectivity index (χ1v) is 6.95. The molecule has 0 fully saturated rings. The van der Waals surface area contributed by atoms with Gasteiger partial charge in [0, 0.05) is 6.04 Å². The highest BCUT2D eigenvalue weighted by Gasteiger charge is 2.26. The zero-order valence-corrected chi connectivity index (χ0v) is 12.4. The molecule has 0 saturated heterocycles. The van der Waals surface area contributed by atoms with Crippen molar-refractivity contribution in [2.24, 2.45) is 0 Å². The van der Waals surface area contributed by atoms with Gasteiger partial charge in [0.2, 0.25) is 0 Å². The minimum atomic E-state index is -1.03. The van der Waals surface area contributed by atoms with E-state index in [1.165, 1.54) is 0 Å². The highest BCUT2D eigenvalue weighted by molar-refractivity contribution is 9.10. The van der Waals surface area contributed by atoms with Crippen LogP contribution in [0, 0.1) is 0 Å². The van der Waals surface area contributed by atoms with Crippen LogP contribution in [-0.2, 0) is 0 Å². The molecular weight excluding hydrogens is 308 g/mol. The Morgan fingerprint density at radius 1 is 1.11 bits per heavy atom. The van der Waals surface area contributed by atoms with E-state index >= 15 is 0 Å². The normalized spacial score (nSPS) is 14.6. The zero-order chi connectivity index (χ0) is 14.0. The summed E-state index contributed by atoms with van der Waals surface area (Å²) in [6, 6.07) is 9.23. The van der Waals surface area contributed by atoms with Crippen LogP contribution in [0.4, 0.5) is 0 Å². The van der Waals surface area contributed by atoms with E-state index in [-0.39, 0.29) is 6.04 Å². The second-order valence-corrected chi connectivity index (χ2v) is 5.57. The van der Waals surface area contributed by atoms with Crippen molar-refractivity contribution in [2.45, 2.75) is 32.1 Å². The van der Waals surface area contributed by atoms with E-state index in [9.17, 15) is 10.2 Å². The Kier molecular flexibility index (Phi) is 4.39. The van der Waals surface area contributed by atoms with Gasteiger partial charge in [-0.2, -0.15) is 5.10 Å². The molecule has 19 heavy (non-hydrogen) atoms. The predicted molar refractivity (Wildman–Crippen MR) is 76.7 cm³/mol. The lowest BCUT2D eigenvalue weighted by Crippen LogP contribution is -2.17. The van der Waals surface area contributed by atoms with E-state index in [1.54, 1.807) is 23.0 Å². The quantitative estimate of drug-likeness (QED) is 0.908. The zero-order valence-electron chi connectivity index (χ0n) is 10.9. The molecule has 2 aromatic rings. The second kappa shape index (κ2) is 5.86. The van der Waals surface area contributed by atoms with Crippen molar-refractivity contribution in [2.75, 3.05) is 0 Å². The number of rotatable bonds is 4. The van der Waals surface area contributed by atoms with Crippen molar-refractivity contribution in [3.05, 3.63) is 52.3 Å². The predicted octanol–water partition coefficient (Wildman–Crippen LogP) is 2.99. The average Bonchev–Trinajstić information content (AvgIpc) is 2.80. The third-order valence-corrected chi connectivity index (χ3v) is 3.61. The lowest BCUT2D eigenvalue weighted by molar-refractivity contribution is 0.0107. The summed E-state index contributed by atoms with van der Waals surface area (Å²) in [6.07, 6.45) is -0.371. The molecule has 2 N–H and O–H groups in total. The molecule has 2 unspecified atom stereocenters. The molecule has 1 aromatic carbocycles. The summed E-state index contributed by atoms with van der Waals surface area (Å²) in [7, 11) is 0. The van der Waals surface area contributed by atoms with Crippen LogP contribution in [0.2, 0.25) is 0 Å². The molecule has 0 aliphatic rings. The van der Waals surface area contributed by atoms with Gasteiger partial charge in [-0.25, -0.2) is 0 Å². The molecule has 0 radical (unpaired) electrons. The lowest BCUT2D eigenvalue weighted by Gasteiger charge is -2.21. The first kappa shape index (κ1) is 14.2. The van der Waals surface area contributed by atoms with Crippen molar-refractivity contribution in [1.29, 1.82) is 0 Å². The lowest BCUT2D eigenvalue weighted by atomic mass is 10.0. The van der Waals surface area contributed by atoms with Gasteiger partial charge in [-0.15, -0.1) is 0 Å². The highest BCUT2D eigenvalue weighted by atomic mass is 79.9. The Morgan fingerprint density at radius 2 is 1.74 bits per heavy atom. The molecule has 0 amide bonds. The van der Waals surface area contributed by atoms with E-state index in [4.69, 9.17) is 0 Å². The molecule has 1 heterocycles. The molecule has 0 saturated carbocycles. The molecule has 102 valence electrons. The van der Waals surface area contributed by atoms with Gasteiger partial charge in [-0.3, -0.25) is 4.68 Å². The number of hydrogen-bond acceptors (Lipinski definition) is 3. The van der Waals surface area contributed by atoms with Crippen LogP contribution in [0.25, 0.3) is 0 Å². The van der Waals surface area contributed by atoms with E-state index in [0.717, 1.165) is 0 Å². The first-order chi connectivity index (χ1) is 9.02. The fraction of sp³-hybridized carbons (Fsp3) is 0.357. The topological polar surface area (TPSA) is 58.3 Å². The fourth-order valence-corrected chi connectivity index (χ4v) is 2.53. The van der Waals surface area contributed by atoms with E-state index in [1.807, 2.05) is 32.0 Å². The fourth-order valence-electron chi connectivity index (χ4n) is 2.02. The number of halogens is 1. The van der Waals surface area contributed by atoms with E-state index in [2.05, 4.69) is 21.0 Å². The molecule has 0 aliphatic carbocycles. The van der Waals surface area contributed by atoms with Crippen molar-refractivity contribution >= 4 is 15.9 Å². The summed E-state index contributed by atoms with van der Waals surface area (Å²) in [5.41, 5.74) is 1.27. The summed E-state index contributed by atoms with van der Waals surface area (Å²) in [5.74, 6) is 0. The number of aliphatic hydroxyl groups is 2. The largest absolute Gasteiger partial charge is 0.385 e. The van der Waals surface area contributed by atoms with Gasteiger partial charge < -0.3 is 10.2 Å². The SMILES string of the molecule is CC(C)n1ncc(Br)c1C(O)C(O)c1ccccc1. The van der Waals surface area contributed by atoms with Crippen LogP contribution < -0.4 is 0 Å². The Bertz CT molecular complexity index is 540. The standard InChI is InChI=1S/C14H17BrN2O2/c1-9(2)17-12(11(15)8-16-17)14(19)13(18)10-6-4-3-5-7-10/h3-9,13-14,18-19H,1-2H3. The monoisotopic (exact) mass is 324 g/mol. The van der Waals surface area contributed by atoms with Gasteiger partial charge in [0.25, 0.3) is 0 Å². The average molecular weight is 325 g/mol. The van der Waals surface area contributed by atoms with Crippen LogP contribution in [0.5, 0.6) is 0 Å². The van der Waals surface area contributed by atoms with Crippen molar-refractivity contribution in [3.63, 3.8) is 0 Å². The second-order valence-electron chi connectivity index (χ2n) is 4.72. The number of hydrogen-bond donors (Lipinski definition) is 2. The van der Waals surface area contributed by atoms with Gasteiger partial charge in [0.15, 0.2) is 0 Å². The van der Waals surface area contributed by atoms with Gasteiger partial charge in [-0.1, -0.05) is 30.3 Å². The summed E-state index contributed by atoms with van der Waals surface area (Å²) in [4.78, 5) is 0. The number of aliphatic hydroxyl groups excluding tert-OH is 2. The van der Waals surface area contributed by atoms with Gasteiger partial charge in [-0.05, 0) is 35.3 Å². The third-order valence-electron chi connectivity index (χ3n) is 3.00. The third kappa shape index (κ3) is 2.88. The molecule has 0 bridgehead atoms. The molecule has 0 spiro atoms. The minimum Gasteiger partial charge on any atom is -0.385 e. The van der Waals surface area contributed by atoms with Gasteiger partial charge in [0.1, 0.15) is 12.2 Å². The number of nitrogens with zero attached hydrogens (tertiary/aromatic N) is 2. The Labute approximate surface area is 120 Å². The van der Waals surface area contributed by atoms with E-state index in [0.29, 0.717) is 15.7 Å². The Hall–Kier alpha value is -1.17. The number of aromatic nitrogens is 2. The van der Waals surface area contributed by atoms with Crippen LogP contribution in [-0.4, -0.2) is 20.0 Å². The molecule has 2 rings (SSSR count). The molecule has 4 nitrogen and oxygen atoms in total. The minimum absolute atomic E-state index is 0.110. The van der Waals surface area contributed by atoms with Crippen molar-refractivity contribution in [1.82, 2.24) is 9.78 Å². The Morgan fingerprint density at radius 3 is 2.32 bits per heavy atom. The summed E-state index contributed by atoms with van der Waals surface area (Å²) < 4.78 is 2.41. The highest BCUT2D eigenvalue weighted by Crippen LogP contribution is 2.34. The van der Waals surface area contributed by atoms with Crippen LogP contribution in [0.15, 0.2) is 41.0 Å². The van der Waals surface area contributed by atoms with Crippen molar-refractivity contribution < 1.29 is 10.2 Å². The summed E-state index contributed by atoms with van der Waals surface area (Å²) in [5, 5.41) is 24.9. The van der Waals surface area contributed by atoms with E-state index < -0.39 is 12.2 Å². The molecule has 1 aromatic heterocycles.